The Hall–Kier alpha value is 1.09. The molecule has 0 bridgehead atoms. The Labute approximate surface area is 48.9 Å². The molecule has 0 aromatic carbocycles. The third-order valence-electron chi connectivity index (χ3n) is 0. The van der Waals surface area contributed by atoms with E-state index in [4.69, 9.17) is 0 Å². The first-order valence-corrected chi connectivity index (χ1v) is 7.84. The fraction of sp³-hybridized carbons (Fsp3) is 1.00. The minimum atomic E-state index is -1.92. The molecule has 0 unspecified atom stereocenters. The van der Waals surface area contributed by atoms with Crippen LogP contribution in [0.15, 0.2) is 0 Å². The van der Waals surface area contributed by atoms with Crippen molar-refractivity contribution in [1.82, 2.24) is 0 Å². The predicted octanol–water partition coefficient (Wildman–Crippen LogP) is 2.22. The van der Waals surface area contributed by atoms with E-state index in [1.165, 1.54) is 0 Å². The summed E-state index contributed by atoms with van der Waals surface area (Å²) in [5.74, 6) is 0. The zero-order valence-electron chi connectivity index (χ0n) is 3.76. The van der Waals surface area contributed by atoms with Gasteiger partial charge in [0.15, 0.2) is 0 Å². The molecule has 0 fully saturated rings. The molecule has 4 heteroatoms. The molecule has 0 saturated heterocycles. The number of hydrogen-bond acceptors (Lipinski definition) is 0. The van der Waals surface area contributed by atoms with E-state index in [1.54, 1.807) is 0 Å². The van der Waals surface area contributed by atoms with Crippen LogP contribution in [-0.4, -0.2) is 21.1 Å². The molecule has 0 heterocycles. The van der Waals surface area contributed by atoms with Gasteiger partial charge in [-0.25, -0.2) is 0 Å². The Morgan fingerprint density at radius 2 is 1.33 bits per heavy atom. The summed E-state index contributed by atoms with van der Waals surface area (Å²) in [6, 6.07) is 0. The Kier molecular flexibility index (Phi) is 28.0. The van der Waals surface area contributed by atoms with Crippen molar-refractivity contribution in [3.63, 3.8) is 0 Å². The van der Waals surface area contributed by atoms with Crippen LogP contribution in [0, 0.1) is 0 Å². The van der Waals surface area contributed by atoms with Crippen molar-refractivity contribution in [3.8, 4) is 0 Å². The van der Waals surface area contributed by atoms with Crippen molar-refractivity contribution in [1.29, 1.82) is 0 Å². The fourth-order valence-electron chi connectivity index (χ4n) is 0. The van der Waals surface area contributed by atoms with Crippen molar-refractivity contribution in [2.45, 2.75) is 9.88 Å². The van der Waals surface area contributed by atoms with Crippen LogP contribution in [0.2, 0.25) is 9.88 Å². The van der Waals surface area contributed by atoms with Gasteiger partial charge < -0.3 is 0 Å². The summed E-state index contributed by atoms with van der Waals surface area (Å²) in [6.45, 7) is 0. The molecule has 2 radical (unpaired) electrons. The van der Waals surface area contributed by atoms with E-state index in [0.29, 0.717) is 0 Å². The van der Waals surface area contributed by atoms with Gasteiger partial charge in [-0.05, 0) is 0 Å². The van der Waals surface area contributed by atoms with E-state index in [-0.39, 0.29) is 21.1 Å². The summed E-state index contributed by atoms with van der Waals surface area (Å²) >= 11 is 0.230. The van der Waals surface area contributed by atoms with Crippen molar-refractivity contribution in [3.05, 3.63) is 0 Å². The average Bonchev–Trinajstić information content (AvgIpc) is 1.39. The third-order valence-corrected chi connectivity index (χ3v) is 0. The Morgan fingerprint density at radius 1 is 1.33 bits per heavy atom. The summed E-state index contributed by atoms with van der Waals surface area (Å²) in [4.78, 5) is 4.59. The van der Waals surface area contributed by atoms with Crippen LogP contribution in [0.5, 0.6) is 0 Å². The van der Waals surface area contributed by atoms with Gasteiger partial charge in [0.2, 0.25) is 0 Å². The molecular weight excluding hydrogens is 212 g/mol. The second-order valence-electron chi connectivity index (χ2n) is 0.571. The van der Waals surface area contributed by atoms with Crippen LogP contribution < -0.4 is 0 Å². The molecule has 38 valence electrons. The zero-order chi connectivity index (χ0) is 5.41. The van der Waals surface area contributed by atoms with E-state index in [1.807, 2.05) is 0 Å². The van der Waals surface area contributed by atoms with Crippen molar-refractivity contribution >= 4 is 30.3 Å². The fourth-order valence-corrected chi connectivity index (χ4v) is 0. The van der Waals surface area contributed by atoms with Gasteiger partial charge in [0.25, 0.3) is 9.20 Å². The van der Waals surface area contributed by atoms with Crippen LogP contribution in [0.1, 0.15) is 0 Å². The first kappa shape index (κ1) is 10.1. The molecule has 0 aromatic heterocycles. The Morgan fingerprint density at radius 3 is 1.33 bits per heavy atom. The van der Waals surface area contributed by atoms with Gasteiger partial charge in [-0.3, -0.25) is 0 Å². The second-order valence-corrected chi connectivity index (χ2v) is 3.57. The summed E-state index contributed by atoms with van der Waals surface area (Å²) < 4.78 is 19.3. The summed E-state index contributed by atoms with van der Waals surface area (Å²) in [5, 5.41) is 0. The van der Waals surface area contributed by atoms with Crippen LogP contribution in [0.3, 0.4) is 0 Å². The van der Waals surface area contributed by atoms with Crippen LogP contribution in [0.4, 0.5) is 8.39 Å². The van der Waals surface area contributed by atoms with Crippen LogP contribution in [0.25, 0.3) is 0 Å². The molecule has 0 N–H and O–H groups in total. The van der Waals surface area contributed by atoms with E-state index in [0.717, 1.165) is 0 Å². The number of hydrogen-bond donors (Lipinski definition) is 0. The van der Waals surface area contributed by atoms with Crippen molar-refractivity contribution in [2.75, 3.05) is 0 Å². The van der Waals surface area contributed by atoms with Gasteiger partial charge >= 0.3 is 31.0 Å². The number of halogens is 2. The predicted molar refractivity (Wildman–Crippen MR) is 28.0 cm³/mol. The molecule has 0 amide bonds. The third kappa shape index (κ3) is 71.8. The minimum absolute atomic E-state index is 0.230. The van der Waals surface area contributed by atoms with Crippen LogP contribution in [-0.2, 0) is 0 Å². The van der Waals surface area contributed by atoms with Gasteiger partial charge in [0.1, 0.15) is 0 Å². The molecule has 0 aromatic rings. The van der Waals surface area contributed by atoms with Crippen molar-refractivity contribution < 1.29 is 8.39 Å². The first-order valence-electron chi connectivity index (χ1n) is 1.38. The zero-order valence-corrected chi connectivity index (χ0v) is 7.61. The molecule has 6 heavy (non-hydrogen) atoms. The summed E-state index contributed by atoms with van der Waals surface area (Å²) in [7, 11) is -1.92. The summed E-state index contributed by atoms with van der Waals surface area (Å²) in [5.41, 5.74) is 0. The van der Waals surface area contributed by atoms with E-state index in [2.05, 4.69) is 9.88 Å². The van der Waals surface area contributed by atoms with Gasteiger partial charge in [-0.2, -0.15) is 8.39 Å². The SMILES string of the molecule is FPF.[CH3][Sn][CH3]. The van der Waals surface area contributed by atoms with Gasteiger partial charge in [0, 0.05) is 0 Å². The molecular formula is C2H7F2PSn. The van der Waals surface area contributed by atoms with E-state index < -0.39 is 9.20 Å². The molecule has 0 aliphatic carbocycles. The molecule has 0 aliphatic rings. The Bertz CT molecular complexity index is 13.5. The average molecular weight is 219 g/mol. The van der Waals surface area contributed by atoms with Crippen molar-refractivity contribution in [2.24, 2.45) is 0 Å². The molecule has 0 saturated carbocycles. The number of rotatable bonds is 0. The standard InChI is InChI=1S/2CH3.F2HP.Sn/c;;1-3-2;/h2*1H3;3H;. The molecule has 0 spiro atoms. The van der Waals surface area contributed by atoms with Gasteiger partial charge in [-0.15, -0.1) is 0 Å². The monoisotopic (exact) mass is 220 g/mol. The van der Waals surface area contributed by atoms with Gasteiger partial charge in [0.05, 0.1) is 0 Å². The Balaban J connectivity index is 0. The van der Waals surface area contributed by atoms with E-state index in [9.17, 15) is 8.39 Å². The first-order chi connectivity index (χ1) is 2.83. The van der Waals surface area contributed by atoms with Crippen LogP contribution >= 0.6 is 9.20 Å². The topological polar surface area (TPSA) is 0 Å². The normalized spacial score (nSPS) is 6.00. The molecule has 0 rings (SSSR count). The molecule has 0 aliphatic heterocycles. The van der Waals surface area contributed by atoms with Gasteiger partial charge in [-0.1, -0.05) is 0 Å². The maximum atomic E-state index is 9.65. The molecule has 0 atom stereocenters. The summed E-state index contributed by atoms with van der Waals surface area (Å²) in [6.07, 6.45) is 0. The van der Waals surface area contributed by atoms with E-state index >= 15 is 0 Å². The maximum absolute atomic E-state index is 9.65. The molecule has 0 nitrogen and oxygen atoms in total. The second kappa shape index (κ2) is 16.5. The quantitative estimate of drug-likeness (QED) is 0.432.